The second-order valence-electron chi connectivity index (χ2n) is 5.49. The Labute approximate surface area is 143 Å². The summed E-state index contributed by atoms with van der Waals surface area (Å²) in [7, 11) is 0. The number of thiophene rings is 1. The van der Waals surface area contributed by atoms with Crippen molar-refractivity contribution in [3.05, 3.63) is 62.7 Å². The highest BCUT2D eigenvalue weighted by Crippen LogP contribution is 2.26. The molecule has 2 N–H and O–H groups in total. The van der Waals surface area contributed by atoms with Crippen molar-refractivity contribution in [2.45, 2.75) is 26.4 Å². The van der Waals surface area contributed by atoms with Gasteiger partial charge in [-0.25, -0.2) is 0 Å². The highest BCUT2D eigenvalue weighted by atomic mass is 32.1. The third-order valence-corrected chi connectivity index (χ3v) is 4.07. The average molecular weight is 342 g/mol. The molecule has 0 unspecified atom stereocenters. The molecule has 1 aromatic carbocycles. The first-order chi connectivity index (χ1) is 11.6. The second kappa shape index (κ2) is 7.27. The summed E-state index contributed by atoms with van der Waals surface area (Å²) in [4.78, 5) is 16.0. The maximum absolute atomic E-state index is 12.2. The molecule has 2 aromatic heterocycles. The van der Waals surface area contributed by atoms with Crippen LogP contribution >= 0.6 is 11.3 Å². The molecular formula is C17H18N4O2S. The van der Waals surface area contributed by atoms with Gasteiger partial charge >= 0.3 is 0 Å². The molecular weight excluding hydrogens is 324 g/mol. The van der Waals surface area contributed by atoms with Gasteiger partial charge in [0.15, 0.2) is 0 Å². The second-order valence-corrected chi connectivity index (χ2v) is 6.53. The van der Waals surface area contributed by atoms with E-state index in [2.05, 4.69) is 20.5 Å². The quantitative estimate of drug-likeness (QED) is 0.718. The molecule has 24 heavy (non-hydrogen) atoms. The predicted molar refractivity (Wildman–Crippen MR) is 95.3 cm³/mol. The number of aromatic nitrogens is 3. The average Bonchev–Trinajstić information content (AvgIpc) is 3.04. The van der Waals surface area contributed by atoms with Crippen molar-refractivity contribution in [1.29, 1.82) is 0 Å². The third kappa shape index (κ3) is 3.99. The molecule has 2 heterocycles. The monoisotopic (exact) mass is 342 g/mol. The first-order valence-electron chi connectivity index (χ1n) is 7.63. The normalized spacial score (nSPS) is 10.8. The standard InChI is InChI=1S/C17H18N4O2S/c1-11(2)23-15-8-4-3-7-13(15)18-17-19-16(22)14(20-21-17)10-12-6-5-9-24-12/h3-9,11H,10H2,1-2H3,(H2,18,19,21,22). The van der Waals surface area contributed by atoms with E-state index in [-0.39, 0.29) is 17.6 Å². The summed E-state index contributed by atoms with van der Waals surface area (Å²) in [6.07, 6.45) is 0.527. The molecule has 0 aliphatic carbocycles. The first-order valence-corrected chi connectivity index (χ1v) is 8.51. The van der Waals surface area contributed by atoms with Crippen molar-refractivity contribution in [3.8, 4) is 5.75 Å². The summed E-state index contributed by atoms with van der Waals surface area (Å²) in [5, 5.41) is 13.1. The molecule has 0 aliphatic rings. The van der Waals surface area contributed by atoms with Gasteiger partial charge < -0.3 is 10.1 Å². The molecule has 0 spiro atoms. The molecule has 0 atom stereocenters. The van der Waals surface area contributed by atoms with E-state index in [0.29, 0.717) is 17.9 Å². The molecule has 7 heteroatoms. The Morgan fingerprint density at radius 3 is 2.75 bits per heavy atom. The zero-order valence-corrected chi connectivity index (χ0v) is 14.3. The number of nitrogens with one attached hydrogen (secondary N) is 2. The third-order valence-electron chi connectivity index (χ3n) is 3.19. The molecule has 3 rings (SSSR count). The lowest BCUT2D eigenvalue weighted by Crippen LogP contribution is -2.18. The fourth-order valence-electron chi connectivity index (χ4n) is 2.16. The topological polar surface area (TPSA) is 79.9 Å². The Balaban J connectivity index is 1.79. The lowest BCUT2D eigenvalue weighted by molar-refractivity contribution is 0.244. The fraction of sp³-hybridized carbons (Fsp3) is 0.235. The minimum Gasteiger partial charge on any atom is -0.489 e. The van der Waals surface area contributed by atoms with Crippen molar-refractivity contribution < 1.29 is 4.74 Å². The van der Waals surface area contributed by atoms with Gasteiger partial charge in [-0.15, -0.1) is 21.5 Å². The van der Waals surface area contributed by atoms with Crippen LogP contribution in [0, 0.1) is 0 Å². The van der Waals surface area contributed by atoms with Gasteiger partial charge in [-0.2, -0.15) is 0 Å². The van der Waals surface area contributed by atoms with Gasteiger partial charge in [0.2, 0.25) is 5.95 Å². The van der Waals surface area contributed by atoms with E-state index in [0.717, 1.165) is 10.6 Å². The van der Waals surface area contributed by atoms with Gasteiger partial charge in [-0.05, 0) is 37.4 Å². The van der Waals surface area contributed by atoms with Crippen molar-refractivity contribution in [1.82, 2.24) is 15.2 Å². The number of aromatic amines is 1. The number of anilines is 2. The molecule has 0 amide bonds. The zero-order valence-electron chi connectivity index (χ0n) is 13.4. The van der Waals surface area contributed by atoms with Crippen LogP contribution in [-0.4, -0.2) is 21.3 Å². The summed E-state index contributed by atoms with van der Waals surface area (Å²) >= 11 is 1.59. The molecule has 6 nitrogen and oxygen atoms in total. The Kier molecular flexibility index (Phi) is 4.90. The number of para-hydroxylation sites is 2. The lowest BCUT2D eigenvalue weighted by Gasteiger charge is -2.14. The number of hydrogen-bond donors (Lipinski definition) is 2. The molecule has 0 fully saturated rings. The van der Waals surface area contributed by atoms with Crippen LogP contribution < -0.4 is 15.6 Å². The first kappa shape index (κ1) is 16.2. The lowest BCUT2D eigenvalue weighted by atomic mass is 10.3. The van der Waals surface area contributed by atoms with Crippen LogP contribution in [0.1, 0.15) is 24.4 Å². The molecule has 124 valence electrons. The van der Waals surface area contributed by atoms with Crippen LogP contribution in [0.2, 0.25) is 0 Å². The van der Waals surface area contributed by atoms with Crippen LogP contribution in [0.3, 0.4) is 0 Å². The van der Waals surface area contributed by atoms with Crippen LogP contribution in [0.4, 0.5) is 11.6 Å². The van der Waals surface area contributed by atoms with Crippen LogP contribution in [0.5, 0.6) is 5.75 Å². The van der Waals surface area contributed by atoms with E-state index in [1.807, 2.05) is 55.6 Å². The molecule has 0 saturated carbocycles. The minimum absolute atomic E-state index is 0.0475. The van der Waals surface area contributed by atoms with Gasteiger partial charge in [-0.3, -0.25) is 9.78 Å². The van der Waals surface area contributed by atoms with E-state index in [4.69, 9.17) is 4.74 Å². The van der Waals surface area contributed by atoms with E-state index in [9.17, 15) is 4.79 Å². The maximum atomic E-state index is 12.2. The number of ether oxygens (including phenoxy) is 1. The van der Waals surface area contributed by atoms with E-state index < -0.39 is 0 Å². The Bertz CT molecular complexity index is 859. The van der Waals surface area contributed by atoms with E-state index in [1.54, 1.807) is 11.3 Å². The summed E-state index contributed by atoms with van der Waals surface area (Å²) < 4.78 is 5.74. The van der Waals surface area contributed by atoms with E-state index >= 15 is 0 Å². The highest BCUT2D eigenvalue weighted by molar-refractivity contribution is 7.09. The smallest absolute Gasteiger partial charge is 0.274 e. The summed E-state index contributed by atoms with van der Waals surface area (Å²) in [6, 6.07) is 11.4. The van der Waals surface area contributed by atoms with Crippen molar-refractivity contribution >= 4 is 23.0 Å². The van der Waals surface area contributed by atoms with Gasteiger partial charge in [0.1, 0.15) is 11.4 Å². The van der Waals surface area contributed by atoms with Crippen molar-refractivity contribution in [3.63, 3.8) is 0 Å². The number of benzene rings is 1. The van der Waals surface area contributed by atoms with Crippen molar-refractivity contribution in [2.75, 3.05) is 5.32 Å². The van der Waals surface area contributed by atoms with Crippen LogP contribution in [-0.2, 0) is 6.42 Å². The largest absolute Gasteiger partial charge is 0.489 e. The van der Waals surface area contributed by atoms with Gasteiger partial charge in [0, 0.05) is 11.3 Å². The number of hydrogen-bond acceptors (Lipinski definition) is 6. The van der Waals surface area contributed by atoms with Crippen molar-refractivity contribution in [2.24, 2.45) is 0 Å². The SMILES string of the molecule is CC(C)Oc1ccccc1Nc1nnc(Cc2cccs2)c(=O)[nH]1. The zero-order chi connectivity index (χ0) is 16.9. The van der Waals surface area contributed by atoms with Crippen LogP contribution in [0.25, 0.3) is 0 Å². The minimum atomic E-state index is -0.247. The molecule has 0 radical (unpaired) electrons. The summed E-state index contributed by atoms with van der Waals surface area (Å²) in [5.74, 6) is 0.979. The fourth-order valence-corrected chi connectivity index (χ4v) is 2.87. The summed E-state index contributed by atoms with van der Waals surface area (Å²) in [6.45, 7) is 3.91. The van der Waals surface area contributed by atoms with Crippen LogP contribution in [0.15, 0.2) is 46.6 Å². The highest BCUT2D eigenvalue weighted by Gasteiger charge is 2.09. The molecule has 0 aliphatic heterocycles. The number of H-pyrrole nitrogens is 1. The Hall–Kier alpha value is -2.67. The van der Waals surface area contributed by atoms with Gasteiger partial charge in [-0.1, -0.05) is 18.2 Å². The maximum Gasteiger partial charge on any atom is 0.274 e. The van der Waals surface area contributed by atoms with Gasteiger partial charge in [0.25, 0.3) is 5.56 Å². The molecule has 0 bridgehead atoms. The Morgan fingerprint density at radius 1 is 1.21 bits per heavy atom. The predicted octanol–water partition coefficient (Wildman–Crippen LogP) is 3.35. The molecule has 0 saturated heterocycles. The number of rotatable bonds is 6. The Morgan fingerprint density at radius 2 is 2.04 bits per heavy atom. The van der Waals surface area contributed by atoms with E-state index in [1.165, 1.54) is 0 Å². The number of nitrogens with zero attached hydrogens (tertiary/aromatic N) is 2. The summed E-state index contributed by atoms with van der Waals surface area (Å²) in [5.41, 5.74) is 0.875. The molecule has 3 aromatic rings. The van der Waals surface area contributed by atoms with Gasteiger partial charge in [0.05, 0.1) is 11.8 Å².